The summed E-state index contributed by atoms with van der Waals surface area (Å²) in [6, 6.07) is 12.6. The number of urea groups is 2. The van der Waals surface area contributed by atoms with Gasteiger partial charge in [0.2, 0.25) is 0 Å². The number of hydrogen-bond donors (Lipinski definition) is 4. The van der Waals surface area contributed by atoms with Crippen LogP contribution in [0.25, 0.3) is 0 Å². The molecule has 2 aromatic carbocycles. The molecule has 11 heteroatoms. The summed E-state index contributed by atoms with van der Waals surface area (Å²) in [7, 11) is 3.08. The van der Waals surface area contributed by atoms with Crippen molar-refractivity contribution in [1.82, 2.24) is 15.1 Å². The van der Waals surface area contributed by atoms with Crippen LogP contribution in [0.4, 0.5) is 21.0 Å². The average Bonchev–Trinajstić information content (AvgIpc) is 3.29. The second kappa shape index (κ2) is 11.0. The van der Waals surface area contributed by atoms with Crippen molar-refractivity contribution in [3.05, 3.63) is 48.5 Å². The standard InChI is InChI=1S/C22H28N6O5/c1-32-17-8-6-15(7-9-17)25-21(30)27-12-13-28(20(27)19(29)24-11-10-23)22(31)26-16-4-3-5-18(14-16)33-2/h3-9,14,20H,10-13,23H2,1-2H3,(H,24,29)(H,25,30)(H,26,31). The third kappa shape index (κ3) is 5.83. The van der Waals surface area contributed by atoms with Gasteiger partial charge in [0.15, 0.2) is 6.17 Å². The van der Waals surface area contributed by atoms with Gasteiger partial charge in [0, 0.05) is 43.6 Å². The maximum absolute atomic E-state index is 13.0. The molecular formula is C22H28N6O5. The Morgan fingerprint density at radius 2 is 1.52 bits per heavy atom. The SMILES string of the molecule is COc1ccc(NC(=O)N2CCN(C(=O)Nc3cccc(OC)c3)C2C(=O)NCCN)cc1. The summed E-state index contributed by atoms with van der Waals surface area (Å²) < 4.78 is 10.3. The number of benzene rings is 2. The Balaban J connectivity index is 1.76. The molecule has 5 amide bonds. The second-order valence-electron chi connectivity index (χ2n) is 7.16. The van der Waals surface area contributed by atoms with Gasteiger partial charge in [-0.25, -0.2) is 9.59 Å². The Morgan fingerprint density at radius 1 is 0.909 bits per heavy atom. The van der Waals surface area contributed by atoms with Crippen molar-refractivity contribution in [3.63, 3.8) is 0 Å². The van der Waals surface area contributed by atoms with E-state index in [9.17, 15) is 14.4 Å². The van der Waals surface area contributed by atoms with Crippen LogP contribution in [-0.4, -0.2) is 74.3 Å². The molecule has 0 bridgehead atoms. The smallest absolute Gasteiger partial charge is 0.323 e. The Kier molecular flexibility index (Phi) is 7.92. The predicted molar refractivity (Wildman–Crippen MR) is 123 cm³/mol. The van der Waals surface area contributed by atoms with E-state index >= 15 is 0 Å². The Bertz CT molecular complexity index is 983. The molecule has 1 heterocycles. The van der Waals surface area contributed by atoms with Crippen molar-refractivity contribution in [1.29, 1.82) is 0 Å². The Labute approximate surface area is 191 Å². The molecule has 1 unspecified atom stereocenters. The van der Waals surface area contributed by atoms with Crippen molar-refractivity contribution < 1.29 is 23.9 Å². The highest BCUT2D eigenvalue weighted by Crippen LogP contribution is 2.22. The number of carbonyl (C=O) groups is 3. The average molecular weight is 457 g/mol. The molecule has 5 N–H and O–H groups in total. The molecule has 0 aliphatic carbocycles. The normalized spacial score (nSPS) is 15.1. The zero-order valence-electron chi connectivity index (χ0n) is 18.5. The number of ether oxygens (including phenoxy) is 2. The summed E-state index contributed by atoms with van der Waals surface area (Å²) in [5.74, 6) is 0.726. The first-order valence-corrected chi connectivity index (χ1v) is 10.4. The van der Waals surface area contributed by atoms with Crippen LogP contribution in [0.2, 0.25) is 0 Å². The van der Waals surface area contributed by atoms with E-state index < -0.39 is 24.1 Å². The van der Waals surface area contributed by atoms with Gasteiger partial charge in [-0.1, -0.05) is 6.07 Å². The van der Waals surface area contributed by atoms with Crippen LogP contribution in [-0.2, 0) is 4.79 Å². The maximum Gasteiger partial charge on any atom is 0.323 e. The fraction of sp³-hybridized carbons (Fsp3) is 0.318. The molecule has 1 fully saturated rings. The van der Waals surface area contributed by atoms with Gasteiger partial charge < -0.3 is 31.2 Å². The molecule has 2 aromatic rings. The first-order chi connectivity index (χ1) is 16.0. The topological polar surface area (TPSA) is 138 Å². The van der Waals surface area contributed by atoms with Crippen LogP contribution in [0.1, 0.15) is 0 Å². The molecule has 33 heavy (non-hydrogen) atoms. The number of methoxy groups -OCH3 is 2. The second-order valence-corrected chi connectivity index (χ2v) is 7.16. The molecule has 3 rings (SSSR count). The van der Waals surface area contributed by atoms with Crippen molar-refractivity contribution in [3.8, 4) is 11.5 Å². The molecule has 1 saturated heterocycles. The van der Waals surface area contributed by atoms with Crippen LogP contribution in [0.3, 0.4) is 0 Å². The highest BCUT2D eigenvalue weighted by Gasteiger charge is 2.42. The van der Waals surface area contributed by atoms with Crippen molar-refractivity contribution >= 4 is 29.3 Å². The molecule has 0 aromatic heterocycles. The molecule has 1 atom stereocenters. The van der Waals surface area contributed by atoms with E-state index in [1.165, 1.54) is 16.9 Å². The van der Waals surface area contributed by atoms with Crippen LogP contribution in [0.15, 0.2) is 48.5 Å². The van der Waals surface area contributed by atoms with E-state index in [0.29, 0.717) is 22.9 Å². The number of amides is 5. The minimum atomic E-state index is -1.14. The summed E-state index contributed by atoms with van der Waals surface area (Å²) in [4.78, 5) is 41.5. The summed E-state index contributed by atoms with van der Waals surface area (Å²) in [5, 5.41) is 8.16. The van der Waals surface area contributed by atoms with Crippen LogP contribution in [0.5, 0.6) is 11.5 Å². The molecule has 1 aliphatic rings. The summed E-state index contributed by atoms with van der Waals surface area (Å²) in [6.45, 7) is 0.794. The van der Waals surface area contributed by atoms with Gasteiger partial charge in [-0.15, -0.1) is 0 Å². The largest absolute Gasteiger partial charge is 0.497 e. The van der Waals surface area contributed by atoms with Crippen molar-refractivity contribution in [2.45, 2.75) is 6.17 Å². The quantitative estimate of drug-likeness (QED) is 0.498. The minimum Gasteiger partial charge on any atom is -0.497 e. The third-order valence-electron chi connectivity index (χ3n) is 5.03. The number of anilines is 2. The molecule has 1 aliphatic heterocycles. The minimum absolute atomic E-state index is 0.173. The number of nitrogens with two attached hydrogens (primary N) is 1. The molecule has 176 valence electrons. The lowest BCUT2D eigenvalue weighted by Crippen LogP contribution is -2.55. The Morgan fingerprint density at radius 3 is 2.09 bits per heavy atom. The van der Waals surface area contributed by atoms with E-state index in [1.807, 2.05) is 0 Å². The number of hydrogen-bond acceptors (Lipinski definition) is 6. The van der Waals surface area contributed by atoms with Crippen LogP contribution >= 0.6 is 0 Å². The van der Waals surface area contributed by atoms with E-state index in [2.05, 4.69) is 16.0 Å². The van der Waals surface area contributed by atoms with Crippen LogP contribution < -0.4 is 31.2 Å². The maximum atomic E-state index is 13.0. The van der Waals surface area contributed by atoms with E-state index in [-0.39, 0.29) is 26.2 Å². The van der Waals surface area contributed by atoms with Gasteiger partial charge >= 0.3 is 12.1 Å². The lowest BCUT2D eigenvalue weighted by molar-refractivity contribution is -0.127. The van der Waals surface area contributed by atoms with Gasteiger partial charge in [0.05, 0.1) is 14.2 Å². The zero-order valence-corrected chi connectivity index (χ0v) is 18.5. The first-order valence-electron chi connectivity index (χ1n) is 10.4. The molecule has 11 nitrogen and oxygen atoms in total. The first kappa shape index (κ1) is 23.7. The summed E-state index contributed by atoms with van der Waals surface area (Å²) >= 11 is 0. The van der Waals surface area contributed by atoms with E-state index in [4.69, 9.17) is 15.2 Å². The van der Waals surface area contributed by atoms with Crippen molar-refractivity contribution in [2.75, 3.05) is 51.0 Å². The Hall–Kier alpha value is -3.99. The lowest BCUT2D eigenvalue weighted by Gasteiger charge is -2.29. The third-order valence-corrected chi connectivity index (χ3v) is 5.03. The van der Waals surface area contributed by atoms with Gasteiger partial charge in [-0.2, -0.15) is 0 Å². The van der Waals surface area contributed by atoms with Gasteiger partial charge in [-0.05, 0) is 36.4 Å². The van der Waals surface area contributed by atoms with Crippen LogP contribution in [0, 0.1) is 0 Å². The monoisotopic (exact) mass is 456 g/mol. The van der Waals surface area contributed by atoms with Gasteiger partial charge in [0.25, 0.3) is 5.91 Å². The fourth-order valence-corrected chi connectivity index (χ4v) is 3.39. The lowest BCUT2D eigenvalue weighted by atomic mass is 10.3. The highest BCUT2D eigenvalue weighted by molar-refractivity contribution is 5.98. The van der Waals surface area contributed by atoms with Gasteiger partial charge in [0.1, 0.15) is 11.5 Å². The molecule has 0 spiro atoms. The highest BCUT2D eigenvalue weighted by atomic mass is 16.5. The van der Waals surface area contributed by atoms with Crippen molar-refractivity contribution in [2.24, 2.45) is 5.73 Å². The molecular weight excluding hydrogens is 428 g/mol. The molecule has 0 saturated carbocycles. The van der Waals surface area contributed by atoms with E-state index in [1.54, 1.807) is 55.6 Å². The molecule has 0 radical (unpaired) electrons. The predicted octanol–water partition coefficient (Wildman–Crippen LogP) is 1.49. The number of carbonyl (C=O) groups excluding carboxylic acids is 3. The van der Waals surface area contributed by atoms with Gasteiger partial charge in [-0.3, -0.25) is 14.6 Å². The number of nitrogens with one attached hydrogen (secondary N) is 3. The van der Waals surface area contributed by atoms with E-state index in [0.717, 1.165) is 0 Å². The number of nitrogens with zero attached hydrogens (tertiary/aromatic N) is 2. The fourth-order valence-electron chi connectivity index (χ4n) is 3.39. The zero-order chi connectivity index (χ0) is 23.8. The summed E-state index contributed by atoms with van der Waals surface area (Å²) in [6.07, 6.45) is -1.14. The summed E-state index contributed by atoms with van der Waals surface area (Å²) in [5.41, 5.74) is 6.53. The number of rotatable bonds is 7.